The summed E-state index contributed by atoms with van der Waals surface area (Å²) in [5, 5.41) is 8.90. The minimum atomic E-state index is -0.838. The van der Waals surface area contributed by atoms with Crippen molar-refractivity contribution in [3.05, 3.63) is 35.9 Å². The van der Waals surface area contributed by atoms with Crippen LogP contribution in [0.2, 0.25) is 0 Å². The number of thiocarbonyl (C=S) groups is 1. The lowest BCUT2D eigenvalue weighted by atomic mass is 10.1. The molecule has 0 radical (unpaired) electrons. The second-order valence-corrected chi connectivity index (χ2v) is 4.50. The third-order valence-electron chi connectivity index (χ3n) is 2.52. The van der Waals surface area contributed by atoms with E-state index in [-0.39, 0.29) is 6.42 Å². The monoisotopic (exact) mass is 278 g/mol. The molecule has 1 rings (SSSR count). The molecule has 0 heterocycles. The van der Waals surface area contributed by atoms with Gasteiger partial charge < -0.3 is 15.7 Å². The molecule has 0 amide bonds. The molecule has 0 aliphatic carbocycles. The van der Waals surface area contributed by atoms with Crippen LogP contribution in [-0.2, 0) is 4.79 Å². The lowest BCUT2D eigenvalue weighted by molar-refractivity contribution is -0.135. The van der Waals surface area contributed by atoms with Gasteiger partial charge in [-0.2, -0.15) is 0 Å². The van der Waals surface area contributed by atoms with Crippen LogP contribution in [0.25, 0.3) is 6.08 Å². The van der Waals surface area contributed by atoms with Gasteiger partial charge in [0.1, 0.15) is 0 Å². The number of anilines is 1. The summed E-state index contributed by atoms with van der Waals surface area (Å²) < 4.78 is 0. The molecule has 0 bridgehead atoms. The summed E-state index contributed by atoms with van der Waals surface area (Å²) in [6.45, 7) is 2.85. The van der Waals surface area contributed by atoms with Crippen LogP contribution in [0.4, 0.5) is 5.69 Å². The molecule has 102 valence electrons. The highest BCUT2D eigenvalue weighted by molar-refractivity contribution is 7.80. The first-order valence-corrected chi connectivity index (χ1v) is 6.50. The number of nitrogens with two attached hydrogens (primary N) is 1. The summed E-state index contributed by atoms with van der Waals surface area (Å²) in [4.78, 5) is 12.3. The number of carbonyl (C=O) groups is 1. The van der Waals surface area contributed by atoms with E-state index in [1.54, 1.807) is 12.2 Å². The zero-order valence-electron chi connectivity index (χ0n) is 10.9. The van der Waals surface area contributed by atoms with Gasteiger partial charge in [0.15, 0.2) is 5.11 Å². The molecule has 4 nitrogen and oxygen atoms in total. The van der Waals surface area contributed by atoms with Crippen molar-refractivity contribution < 1.29 is 9.90 Å². The minimum Gasteiger partial charge on any atom is -0.481 e. The summed E-state index contributed by atoms with van der Waals surface area (Å²) in [5.41, 5.74) is 7.58. The van der Waals surface area contributed by atoms with E-state index < -0.39 is 5.97 Å². The topological polar surface area (TPSA) is 66.6 Å². The number of carboxylic acids is 1. The van der Waals surface area contributed by atoms with E-state index in [4.69, 9.17) is 23.1 Å². The number of hydrogen-bond acceptors (Lipinski definition) is 2. The van der Waals surface area contributed by atoms with Crippen molar-refractivity contribution in [2.75, 3.05) is 11.4 Å². The van der Waals surface area contributed by atoms with Gasteiger partial charge in [-0.3, -0.25) is 4.79 Å². The fraction of sp³-hybridized carbons (Fsp3) is 0.286. The van der Waals surface area contributed by atoms with E-state index >= 15 is 0 Å². The summed E-state index contributed by atoms with van der Waals surface area (Å²) in [5.74, 6) is -0.838. The molecule has 0 saturated heterocycles. The third-order valence-corrected chi connectivity index (χ3v) is 2.74. The van der Waals surface area contributed by atoms with Crippen LogP contribution >= 0.6 is 12.2 Å². The predicted molar refractivity (Wildman–Crippen MR) is 82.2 cm³/mol. The number of hydrogen-bond donors (Lipinski definition) is 2. The van der Waals surface area contributed by atoms with E-state index in [2.05, 4.69) is 6.92 Å². The maximum Gasteiger partial charge on any atom is 0.307 e. The smallest absolute Gasteiger partial charge is 0.307 e. The first-order valence-electron chi connectivity index (χ1n) is 6.10. The Morgan fingerprint density at radius 2 is 2.05 bits per heavy atom. The highest BCUT2D eigenvalue weighted by atomic mass is 32.1. The van der Waals surface area contributed by atoms with Gasteiger partial charge in [0.05, 0.1) is 6.42 Å². The lowest BCUT2D eigenvalue weighted by Crippen LogP contribution is -2.36. The van der Waals surface area contributed by atoms with Crippen molar-refractivity contribution >= 4 is 35.1 Å². The highest BCUT2D eigenvalue weighted by Crippen LogP contribution is 2.16. The lowest BCUT2D eigenvalue weighted by Gasteiger charge is -2.22. The number of nitrogens with zero attached hydrogens (tertiary/aromatic N) is 1. The Kier molecular flexibility index (Phi) is 6.02. The van der Waals surface area contributed by atoms with Crippen molar-refractivity contribution in [3.8, 4) is 0 Å². The maximum atomic E-state index is 10.4. The Bertz CT molecular complexity index is 469. The van der Waals surface area contributed by atoms with Crippen LogP contribution in [0.3, 0.4) is 0 Å². The third kappa shape index (κ3) is 5.09. The van der Waals surface area contributed by atoms with Crippen LogP contribution in [0.5, 0.6) is 0 Å². The van der Waals surface area contributed by atoms with Crippen LogP contribution in [0, 0.1) is 0 Å². The Hall–Kier alpha value is -1.88. The molecule has 0 atom stereocenters. The van der Waals surface area contributed by atoms with Gasteiger partial charge in [0, 0.05) is 12.2 Å². The SMILES string of the molecule is CCCN(C(N)=S)c1ccc(/C=C/CC(=O)O)cc1. The summed E-state index contributed by atoms with van der Waals surface area (Å²) in [7, 11) is 0. The molecule has 0 aliphatic heterocycles. The predicted octanol–water partition coefficient (Wildman–Crippen LogP) is 2.63. The molecular formula is C14H18N2O2S. The van der Waals surface area contributed by atoms with Gasteiger partial charge in [-0.25, -0.2) is 0 Å². The number of carboxylic acid groups (broad SMARTS) is 1. The van der Waals surface area contributed by atoms with E-state index in [0.717, 1.165) is 24.2 Å². The number of aliphatic carboxylic acids is 1. The summed E-state index contributed by atoms with van der Waals surface area (Å²) in [6.07, 6.45) is 4.38. The first kappa shape index (κ1) is 15.2. The van der Waals surface area contributed by atoms with Gasteiger partial charge in [-0.1, -0.05) is 31.2 Å². The normalized spacial score (nSPS) is 10.6. The van der Waals surface area contributed by atoms with Crippen LogP contribution < -0.4 is 10.6 Å². The van der Waals surface area contributed by atoms with Crippen molar-refractivity contribution in [3.63, 3.8) is 0 Å². The van der Waals surface area contributed by atoms with Crippen molar-refractivity contribution in [2.24, 2.45) is 5.73 Å². The molecule has 0 aromatic heterocycles. The quantitative estimate of drug-likeness (QED) is 0.783. The van der Waals surface area contributed by atoms with Gasteiger partial charge >= 0.3 is 5.97 Å². The van der Waals surface area contributed by atoms with Crippen molar-refractivity contribution in [1.82, 2.24) is 0 Å². The van der Waals surface area contributed by atoms with Crippen LogP contribution in [0.15, 0.2) is 30.3 Å². The van der Waals surface area contributed by atoms with Gasteiger partial charge in [-0.15, -0.1) is 0 Å². The Balaban J connectivity index is 2.77. The fourth-order valence-corrected chi connectivity index (χ4v) is 1.85. The first-order chi connectivity index (χ1) is 9.04. The molecule has 5 heteroatoms. The van der Waals surface area contributed by atoms with Gasteiger partial charge in [-0.05, 0) is 36.3 Å². The molecule has 1 aromatic rings. The largest absolute Gasteiger partial charge is 0.481 e. The summed E-state index contributed by atoms with van der Waals surface area (Å²) in [6, 6.07) is 7.67. The molecule has 0 fully saturated rings. The Morgan fingerprint density at radius 3 is 2.53 bits per heavy atom. The second kappa shape index (κ2) is 7.53. The molecule has 3 N–H and O–H groups in total. The molecule has 1 aromatic carbocycles. The van der Waals surface area contributed by atoms with E-state index in [1.165, 1.54) is 0 Å². The zero-order valence-corrected chi connectivity index (χ0v) is 11.7. The number of rotatable bonds is 6. The molecular weight excluding hydrogens is 260 g/mol. The fourth-order valence-electron chi connectivity index (χ4n) is 1.65. The molecule has 0 spiro atoms. The van der Waals surface area contributed by atoms with Gasteiger partial charge in [0.25, 0.3) is 0 Å². The van der Waals surface area contributed by atoms with Crippen LogP contribution in [-0.4, -0.2) is 22.7 Å². The van der Waals surface area contributed by atoms with Crippen molar-refractivity contribution in [2.45, 2.75) is 19.8 Å². The summed E-state index contributed by atoms with van der Waals surface area (Å²) >= 11 is 5.02. The Labute approximate surface area is 118 Å². The standard InChI is InChI=1S/C14H18N2O2S/c1-2-10-16(14(15)19)12-8-6-11(7-9-12)4-3-5-13(17)18/h3-4,6-9H,2,5,10H2,1H3,(H2,15,19)(H,17,18)/b4-3+. The molecule has 0 unspecified atom stereocenters. The minimum absolute atomic E-state index is 0.0244. The van der Waals surface area contributed by atoms with Crippen LogP contribution in [0.1, 0.15) is 25.3 Å². The average Bonchev–Trinajstić information content (AvgIpc) is 2.36. The zero-order chi connectivity index (χ0) is 14.3. The molecule has 0 aliphatic rings. The van der Waals surface area contributed by atoms with Crippen molar-refractivity contribution in [1.29, 1.82) is 0 Å². The molecule has 19 heavy (non-hydrogen) atoms. The average molecular weight is 278 g/mol. The molecule has 0 saturated carbocycles. The van der Waals surface area contributed by atoms with E-state index in [1.807, 2.05) is 29.2 Å². The highest BCUT2D eigenvalue weighted by Gasteiger charge is 2.07. The maximum absolute atomic E-state index is 10.4. The van der Waals surface area contributed by atoms with Gasteiger partial charge in [0.2, 0.25) is 0 Å². The number of benzene rings is 1. The second-order valence-electron chi connectivity index (χ2n) is 4.08. The van der Waals surface area contributed by atoms with E-state index in [9.17, 15) is 4.79 Å². The van der Waals surface area contributed by atoms with E-state index in [0.29, 0.717) is 5.11 Å². The Morgan fingerprint density at radius 1 is 1.42 bits per heavy atom.